The predicted octanol–water partition coefficient (Wildman–Crippen LogP) is 5.34. The van der Waals surface area contributed by atoms with Crippen molar-refractivity contribution in [2.45, 2.75) is 0 Å². The maximum absolute atomic E-state index is 12.1. The van der Waals surface area contributed by atoms with Crippen LogP contribution in [-0.4, -0.2) is 23.3 Å². The number of Topliss-reactive ketones (excluding diaryl/α,β-unsaturated/α-hetero) is 1. The first kappa shape index (κ1) is 18.6. The standard InChI is InChI=1S/C18H12BrClN2O3S/c19-12-7-5-11(6-8-12)16(23)9-25-17(24)15-10-26-18(22-15)21-14-4-2-1-3-13(14)20/h1-8,10H,9H2,(H,21,22). The van der Waals surface area contributed by atoms with E-state index in [1.165, 1.54) is 11.3 Å². The third kappa shape index (κ3) is 4.69. The van der Waals surface area contributed by atoms with Crippen LogP contribution in [0.1, 0.15) is 20.8 Å². The summed E-state index contributed by atoms with van der Waals surface area (Å²) in [7, 11) is 0. The van der Waals surface area contributed by atoms with Gasteiger partial charge in [0, 0.05) is 15.4 Å². The fraction of sp³-hybridized carbons (Fsp3) is 0.0556. The first-order valence-electron chi connectivity index (χ1n) is 7.46. The van der Waals surface area contributed by atoms with Gasteiger partial charge >= 0.3 is 5.97 Å². The first-order valence-corrected chi connectivity index (χ1v) is 9.51. The Kier molecular flexibility index (Phi) is 6.03. The highest BCUT2D eigenvalue weighted by Crippen LogP contribution is 2.26. The summed E-state index contributed by atoms with van der Waals surface area (Å²) in [6.45, 7) is -0.342. The number of carbonyl (C=O) groups excluding carboxylic acids is 2. The molecule has 0 aliphatic rings. The minimum Gasteiger partial charge on any atom is -0.453 e. The van der Waals surface area contributed by atoms with Crippen LogP contribution < -0.4 is 5.32 Å². The maximum atomic E-state index is 12.1. The third-order valence-corrected chi connectivity index (χ3v) is 4.95. The molecule has 0 atom stereocenters. The van der Waals surface area contributed by atoms with Crippen molar-refractivity contribution in [3.8, 4) is 0 Å². The number of ketones is 1. The number of carbonyl (C=O) groups is 2. The Morgan fingerprint density at radius 2 is 1.88 bits per heavy atom. The lowest BCUT2D eigenvalue weighted by Gasteiger charge is -2.04. The molecule has 8 heteroatoms. The number of benzene rings is 2. The second-order valence-electron chi connectivity index (χ2n) is 5.15. The second-order valence-corrected chi connectivity index (χ2v) is 7.33. The Balaban J connectivity index is 1.59. The normalized spacial score (nSPS) is 10.4. The van der Waals surface area contributed by atoms with Gasteiger partial charge in [0.15, 0.2) is 23.2 Å². The van der Waals surface area contributed by atoms with E-state index in [0.29, 0.717) is 21.4 Å². The number of hydrogen-bond acceptors (Lipinski definition) is 6. The Morgan fingerprint density at radius 1 is 1.15 bits per heavy atom. The van der Waals surface area contributed by atoms with Gasteiger partial charge in [0.2, 0.25) is 0 Å². The van der Waals surface area contributed by atoms with E-state index in [-0.39, 0.29) is 18.1 Å². The smallest absolute Gasteiger partial charge is 0.358 e. The summed E-state index contributed by atoms with van der Waals surface area (Å²) in [5.74, 6) is -0.936. The molecule has 0 unspecified atom stereocenters. The molecule has 3 aromatic rings. The molecule has 1 aromatic heterocycles. The molecule has 0 saturated carbocycles. The van der Waals surface area contributed by atoms with E-state index in [0.717, 1.165) is 4.47 Å². The molecule has 1 heterocycles. The lowest BCUT2D eigenvalue weighted by molar-refractivity contribution is 0.0470. The summed E-state index contributed by atoms with van der Waals surface area (Å²) >= 11 is 10.6. The van der Waals surface area contributed by atoms with Crippen molar-refractivity contribution >= 4 is 61.4 Å². The van der Waals surface area contributed by atoms with Gasteiger partial charge in [-0.15, -0.1) is 11.3 Å². The van der Waals surface area contributed by atoms with Gasteiger partial charge in [-0.1, -0.05) is 51.8 Å². The topological polar surface area (TPSA) is 68.3 Å². The lowest BCUT2D eigenvalue weighted by Crippen LogP contribution is -2.14. The summed E-state index contributed by atoms with van der Waals surface area (Å²) < 4.78 is 5.92. The van der Waals surface area contributed by atoms with Gasteiger partial charge in [-0.3, -0.25) is 4.79 Å². The van der Waals surface area contributed by atoms with Crippen LogP contribution >= 0.6 is 38.9 Å². The second kappa shape index (κ2) is 8.44. The van der Waals surface area contributed by atoms with Crippen molar-refractivity contribution in [3.63, 3.8) is 0 Å². The zero-order valence-electron chi connectivity index (χ0n) is 13.2. The van der Waals surface area contributed by atoms with E-state index >= 15 is 0 Å². The van der Waals surface area contributed by atoms with Crippen LogP contribution in [0.5, 0.6) is 0 Å². The van der Waals surface area contributed by atoms with E-state index < -0.39 is 5.97 Å². The maximum Gasteiger partial charge on any atom is 0.358 e. The number of para-hydroxylation sites is 1. The molecule has 0 radical (unpaired) electrons. The summed E-state index contributed by atoms with van der Waals surface area (Å²) in [5.41, 5.74) is 1.29. The quantitative estimate of drug-likeness (QED) is 0.404. The summed E-state index contributed by atoms with van der Waals surface area (Å²) in [6.07, 6.45) is 0. The molecule has 132 valence electrons. The Bertz CT molecular complexity index is 944. The fourth-order valence-corrected chi connectivity index (χ4v) is 3.17. The van der Waals surface area contributed by atoms with Crippen LogP contribution in [0.25, 0.3) is 0 Å². The van der Waals surface area contributed by atoms with E-state index in [1.807, 2.05) is 12.1 Å². The average Bonchev–Trinajstić information content (AvgIpc) is 3.10. The molecule has 0 amide bonds. The predicted molar refractivity (Wildman–Crippen MR) is 106 cm³/mol. The molecule has 0 aliphatic carbocycles. The highest BCUT2D eigenvalue weighted by Gasteiger charge is 2.15. The zero-order chi connectivity index (χ0) is 18.5. The highest BCUT2D eigenvalue weighted by atomic mass is 79.9. The molecule has 0 aliphatic heterocycles. The SMILES string of the molecule is O=C(COC(=O)c1csc(Nc2ccccc2Cl)n1)c1ccc(Br)cc1. The van der Waals surface area contributed by atoms with Crippen molar-refractivity contribution in [1.29, 1.82) is 0 Å². The number of thiazole rings is 1. The van der Waals surface area contributed by atoms with Gasteiger partial charge < -0.3 is 10.1 Å². The molecule has 3 rings (SSSR count). The molecule has 1 N–H and O–H groups in total. The molecule has 2 aromatic carbocycles. The summed E-state index contributed by atoms with van der Waals surface area (Å²) in [4.78, 5) is 28.3. The van der Waals surface area contributed by atoms with E-state index in [4.69, 9.17) is 16.3 Å². The number of ether oxygens (including phenoxy) is 1. The van der Waals surface area contributed by atoms with Crippen LogP contribution in [0, 0.1) is 0 Å². The summed E-state index contributed by atoms with van der Waals surface area (Å²) in [5, 5.41) is 5.65. The molecule has 0 fully saturated rings. The Morgan fingerprint density at radius 3 is 2.62 bits per heavy atom. The van der Waals surface area contributed by atoms with Crippen LogP contribution in [0.15, 0.2) is 58.4 Å². The van der Waals surface area contributed by atoms with Crippen molar-refractivity contribution < 1.29 is 14.3 Å². The fourth-order valence-electron chi connectivity index (χ4n) is 2.03. The Labute approximate surface area is 167 Å². The lowest BCUT2D eigenvalue weighted by atomic mass is 10.1. The van der Waals surface area contributed by atoms with Crippen molar-refractivity contribution in [2.75, 3.05) is 11.9 Å². The van der Waals surface area contributed by atoms with Crippen LogP contribution in [0.4, 0.5) is 10.8 Å². The number of nitrogens with zero attached hydrogens (tertiary/aromatic N) is 1. The number of anilines is 2. The van der Waals surface area contributed by atoms with Crippen molar-refractivity contribution in [2.24, 2.45) is 0 Å². The average molecular weight is 452 g/mol. The van der Waals surface area contributed by atoms with E-state index in [2.05, 4.69) is 26.2 Å². The van der Waals surface area contributed by atoms with Gasteiger partial charge in [-0.05, 0) is 24.3 Å². The van der Waals surface area contributed by atoms with Gasteiger partial charge in [-0.25, -0.2) is 9.78 Å². The van der Waals surface area contributed by atoms with Gasteiger partial charge in [0.1, 0.15) is 0 Å². The molecule has 0 bridgehead atoms. The largest absolute Gasteiger partial charge is 0.453 e. The molecular weight excluding hydrogens is 440 g/mol. The number of aromatic nitrogens is 1. The van der Waals surface area contributed by atoms with Crippen molar-refractivity contribution in [1.82, 2.24) is 4.98 Å². The monoisotopic (exact) mass is 450 g/mol. The van der Waals surface area contributed by atoms with E-state index in [9.17, 15) is 9.59 Å². The van der Waals surface area contributed by atoms with Crippen LogP contribution in [0.2, 0.25) is 5.02 Å². The minimum absolute atomic E-state index is 0.133. The molecule has 26 heavy (non-hydrogen) atoms. The van der Waals surface area contributed by atoms with Crippen LogP contribution in [0.3, 0.4) is 0 Å². The third-order valence-electron chi connectivity index (χ3n) is 3.33. The number of hydrogen-bond donors (Lipinski definition) is 1. The molecular formula is C18H12BrClN2O3S. The first-order chi connectivity index (χ1) is 12.5. The Hall–Kier alpha value is -2.22. The highest BCUT2D eigenvalue weighted by molar-refractivity contribution is 9.10. The van der Waals surface area contributed by atoms with E-state index in [1.54, 1.807) is 41.8 Å². The van der Waals surface area contributed by atoms with Gasteiger partial charge in [0.05, 0.1) is 10.7 Å². The molecule has 0 spiro atoms. The number of halogens is 2. The zero-order valence-corrected chi connectivity index (χ0v) is 16.4. The van der Waals surface area contributed by atoms with Gasteiger partial charge in [-0.2, -0.15) is 0 Å². The molecule has 0 saturated heterocycles. The number of rotatable bonds is 6. The molecule has 5 nitrogen and oxygen atoms in total. The summed E-state index contributed by atoms with van der Waals surface area (Å²) in [6, 6.07) is 14.0. The van der Waals surface area contributed by atoms with Crippen molar-refractivity contribution in [3.05, 3.63) is 74.7 Å². The number of esters is 1. The number of nitrogens with one attached hydrogen (secondary N) is 1. The minimum atomic E-state index is -0.654. The van der Waals surface area contributed by atoms with Crippen LogP contribution in [-0.2, 0) is 4.74 Å². The van der Waals surface area contributed by atoms with Gasteiger partial charge in [0.25, 0.3) is 0 Å².